The first kappa shape index (κ1) is 12.1. The second-order valence-corrected chi connectivity index (χ2v) is 5.10. The van der Waals surface area contributed by atoms with Crippen LogP contribution < -0.4 is 4.90 Å². The minimum atomic E-state index is 0.596. The summed E-state index contributed by atoms with van der Waals surface area (Å²) < 4.78 is 6.14. The van der Waals surface area contributed by atoms with Gasteiger partial charge >= 0.3 is 0 Å². The first-order valence-electron chi connectivity index (χ1n) is 5.76. The normalized spacial score (nSPS) is 10.8. The topological polar surface area (TPSA) is 55.1 Å². The fraction of sp³-hybridized carbons (Fsp3) is 0.154. The number of hydrogen-bond donors (Lipinski definition) is 0. The smallest absolute Gasteiger partial charge is 0.225 e. The lowest BCUT2D eigenvalue weighted by Gasteiger charge is -2.14. The Labute approximate surface area is 118 Å². The van der Waals surface area contributed by atoms with Gasteiger partial charge in [-0.25, -0.2) is 9.97 Å². The van der Waals surface area contributed by atoms with Crippen LogP contribution in [0.3, 0.4) is 0 Å². The van der Waals surface area contributed by atoms with E-state index in [9.17, 15) is 0 Å². The van der Waals surface area contributed by atoms with Gasteiger partial charge in [-0.1, -0.05) is 17.3 Å². The number of benzene rings is 1. The summed E-state index contributed by atoms with van der Waals surface area (Å²) >= 11 is 3.32. The van der Waals surface area contributed by atoms with Crippen molar-refractivity contribution in [2.45, 2.75) is 6.54 Å². The molecule has 0 spiro atoms. The average Bonchev–Trinajstić information content (AvgIpc) is 2.83. The van der Waals surface area contributed by atoms with Crippen LogP contribution in [0.5, 0.6) is 0 Å². The molecule has 5 nitrogen and oxygen atoms in total. The van der Waals surface area contributed by atoms with E-state index in [1.54, 1.807) is 12.4 Å². The van der Waals surface area contributed by atoms with Crippen LogP contribution in [-0.2, 0) is 6.54 Å². The molecule has 3 aromatic rings. The third-order valence-corrected chi connectivity index (χ3v) is 3.20. The Balaban J connectivity index is 1.86. The van der Waals surface area contributed by atoms with Crippen molar-refractivity contribution >= 4 is 32.8 Å². The van der Waals surface area contributed by atoms with Crippen LogP contribution in [0.4, 0.5) is 5.95 Å². The van der Waals surface area contributed by atoms with Crippen molar-refractivity contribution in [2.75, 3.05) is 11.9 Å². The van der Waals surface area contributed by atoms with Gasteiger partial charge in [0.25, 0.3) is 0 Å². The maximum atomic E-state index is 5.28. The molecule has 1 aromatic carbocycles. The molecule has 3 rings (SSSR count). The second-order valence-electron chi connectivity index (χ2n) is 4.18. The Morgan fingerprint density at radius 2 is 1.95 bits per heavy atom. The lowest BCUT2D eigenvalue weighted by Crippen LogP contribution is -2.19. The monoisotopic (exact) mass is 318 g/mol. The summed E-state index contributed by atoms with van der Waals surface area (Å²) in [5.41, 5.74) is 1.67. The SMILES string of the molecule is CN(Cc1noc2ccccc12)c1ncc(Br)cn1. The maximum absolute atomic E-state index is 5.28. The summed E-state index contributed by atoms with van der Waals surface area (Å²) in [5.74, 6) is 0.648. The van der Waals surface area contributed by atoms with Crippen LogP contribution in [0.25, 0.3) is 11.0 Å². The lowest BCUT2D eigenvalue weighted by atomic mass is 10.2. The van der Waals surface area contributed by atoms with Crippen molar-refractivity contribution in [3.05, 3.63) is 46.8 Å². The highest BCUT2D eigenvalue weighted by atomic mass is 79.9. The Kier molecular flexibility index (Phi) is 3.16. The minimum absolute atomic E-state index is 0.596. The van der Waals surface area contributed by atoms with E-state index in [0.717, 1.165) is 21.1 Å². The van der Waals surface area contributed by atoms with E-state index in [1.807, 2.05) is 36.2 Å². The molecule has 0 saturated heterocycles. The molecule has 0 unspecified atom stereocenters. The molecule has 0 N–H and O–H groups in total. The molecule has 2 heterocycles. The highest BCUT2D eigenvalue weighted by Crippen LogP contribution is 2.20. The quantitative estimate of drug-likeness (QED) is 0.743. The van der Waals surface area contributed by atoms with E-state index in [1.165, 1.54) is 0 Å². The predicted molar refractivity (Wildman–Crippen MR) is 75.8 cm³/mol. The zero-order valence-electron chi connectivity index (χ0n) is 10.2. The zero-order chi connectivity index (χ0) is 13.2. The maximum Gasteiger partial charge on any atom is 0.225 e. The molecular weight excluding hydrogens is 308 g/mol. The van der Waals surface area contributed by atoms with Gasteiger partial charge in [-0.05, 0) is 28.1 Å². The van der Waals surface area contributed by atoms with Gasteiger partial charge in [0.1, 0.15) is 5.69 Å². The van der Waals surface area contributed by atoms with Gasteiger partial charge in [0.15, 0.2) is 5.58 Å². The Bertz CT molecular complexity index is 695. The van der Waals surface area contributed by atoms with Gasteiger partial charge in [0, 0.05) is 24.8 Å². The average molecular weight is 319 g/mol. The molecular formula is C13H11BrN4O. The summed E-state index contributed by atoms with van der Waals surface area (Å²) in [6.45, 7) is 0.596. The molecule has 0 aliphatic carbocycles. The summed E-state index contributed by atoms with van der Waals surface area (Å²) in [6.07, 6.45) is 3.44. The van der Waals surface area contributed by atoms with Crippen LogP contribution in [0.15, 0.2) is 45.7 Å². The number of nitrogens with zero attached hydrogens (tertiary/aromatic N) is 4. The fourth-order valence-corrected chi connectivity index (χ4v) is 2.05. The fourth-order valence-electron chi connectivity index (χ4n) is 1.85. The van der Waals surface area contributed by atoms with E-state index in [0.29, 0.717) is 12.5 Å². The van der Waals surface area contributed by atoms with Crippen molar-refractivity contribution in [2.24, 2.45) is 0 Å². The highest BCUT2D eigenvalue weighted by Gasteiger charge is 2.11. The first-order chi connectivity index (χ1) is 9.24. The molecule has 6 heteroatoms. The molecule has 0 amide bonds. The lowest BCUT2D eigenvalue weighted by molar-refractivity contribution is 0.445. The molecule has 2 aromatic heterocycles. The largest absolute Gasteiger partial charge is 0.356 e. The molecule has 0 bridgehead atoms. The number of anilines is 1. The van der Waals surface area contributed by atoms with Crippen molar-refractivity contribution in [3.63, 3.8) is 0 Å². The van der Waals surface area contributed by atoms with Crippen molar-refractivity contribution in [1.82, 2.24) is 15.1 Å². The van der Waals surface area contributed by atoms with Crippen molar-refractivity contribution in [3.8, 4) is 0 Å². The minimum Gasteiger partial charge on any atom is -0.356 e. The summed E-state index contributed by atoms with van der Waals surface area (Å²) in [7, 11) is 1.92. The first-order valence-corrected chi connectivity index (χ1v) is 6.55. The number of hydrogen-bond acceptors (Lipinski definition) is 5. The van der Waals surface area contributed by atoms with E-state index in [-0.39, 0.29) is 0 Å². The number of rotatable bonds is 3. The van der Waals surface area contributed by atoms with Crippen molar-refractivity contribution in [1.29, 1.82) is 0 Å². The molecule has 0 radical (unpaired) electrons. The van der Waals surface area contributed by atoms with Gasteiger partial charge in [-0.3, -0.25) is 0 Å². The second kappa shape index (κ2) is 4.97. The number of aromatic nitrogens is 3. The Morgan fingerprint density at radius 3 is 2.74 bits per heavy atom. The number of para-hydroxylation sites is 1. The summed E-state index contributed by atoms with van der Waals surface area (Å²) in [4.78, 5) is 10.4. The van der Waals surface area contributed by atoms with Crippen LogP contribution in [0.1, 0.15) is 5.69 Å². The summed E-state index contributed by atoms with van der Waals surface area (Å²) in [6, 6.07) is 7.80. The molecule has 0 atom stereocenters. The van der Waals surface area contributed by atoms with Gasteiger partial charge < -0.3 is 9.42 Å². The van der Waals surface area contributed by atoms with Gasteiger partial charge in [0.2, 0.25) is 5.95 Å². The van der Waals surface area contributed by atoms with Crippen LogP contribution in [0, 0.1) is 0 Å². The van der Waals surface area contributed by atoms with E-state index >= 15 is 0 Å². The van der Waals surface area contributed by atoms with E-state index in [2.05, 4.69) is 31.1 Å². The Hall–Kier alpha value is -1.95. The highest BCUT2D eigenvalue weighted by molar-refractivity contribution is 9.10. The molecule has 0 aliphatic heterocycles. The van der Waals surface area contributed by atoms with Crippen LogP contribution in [-0.4, -0.2) is 22.2 Å². The molecule has 0 fully saturated rings. The third-order valence-electron chi connectivity index (χ3n) is 2.79. The summed E-state index contributed by atoms with van der Waals surface area (Å²) in [5, 5.41) is 5.12. The van der Waals surface area contributed by atoms with Crippen molar-refractivity contribution < 1.29 is 4.52 Å². The molecule has 96 valence electrons. The van der Waals surface area contributed by atoms with Gasteiger partial charge in [-0.15, -0.1) is 0 Å². The number of fused-ring (bicyclic) bond motifs is 1. The predicted octanol–water partition coefficient (Wildman–Crippen LogP) is 3.02. The molecule has 0 saturated carbocycles. The molecule has 19 heavy (non-hydrogen) atoms. The van der Waals surface area contributed by atoms with E-state index in [4.69, 9.17) is 4.52 Å². The third kappa shape index (κ3) is 2.44. The van der Waals surface area contributed by atoms with Gasteiger partial charge in [-0.2, -0.15) is 0 Å². The number of halogens is 1. The zero-order valence-corrected chi connectivity index (χ0v) is 11.8. The molecule has 0 aliphatic rings. The standard InChI is InChI=1S/C13H11BrN4O/c1-18(13-15-6-9(14)7-16-13)8-11-10-4-2-3-5-12(10)19-17-11/h2-7H,8H2,1H3. The Morgan fingerprint density at radius 1 is 1.21 bits per heavy atom. The van der Waals surface area contributed by atoms with Crippen LogP contribution >= 0.6 is 15.9 Å². The van der Waals surface area contributed by atoms with Crippen LogP contribution in [0.2, 0.25) is 0 Å². The van der Waals surface area contributed by atoms with E-state index < -0.39 is 0 Å². The van der Waals surface area contributed by atoms with Gasteiger partial charge in [0.05, 0.1) is 11.0 Å².